The van der Waals surface area contributed by atoms with Crippen LogP contribution >= 0.6 is 0 Å². The van der Waals surface area contributed by atoms with E-state index in [-0.39, 0.29) is 16.4 Å². The summed E-state index contributed by atoms with van der Waals surface area (Å²) in [5, 5.41) is 10.1. The van der Waals surface area contributed by atoms with Crippen molar-refractivity contribution >= 4 is 10.1 Å². The van der Waals surface area contributed by atoms with Crippen LogP contribution in [-0.4, -0.2) is 18.1 Å². The van der Waals surface area contributed by atoms with E-state index in [0.29, 0.717) is 17.7 Å². The number of para-hydroxylation sites is 1. The second-order valence-electron chi connectivity index (χ2n) is 5.59. The molecule has 2 aromatic rings. The maximum atomic E-state index is 11.7. The average Bonchev–Trinajstić information content (AvgIpc) is 2.54. The van der Waals surface area contributed by atoms with Crippen LogP contribution in [0.5, 0.6) is 17.2 Å². The lowest BCUT2D eigenvalue weighted by atomic mass is 10.0. The largest absolute Gasteiger partial charge is 0.504 e. The third kappa shape index (κ3) is 4.72. The van der Waals surface area contributed by atoms with Crippen LogP contribution in [0.2, 0.25) is 0 Å². The van der Waals surface area contributed by atoms with Crippen molar-refractivity contribution in [2.24, 2.45) is 0 Å². The third-order valence-corrected chi connectivity index (χ3v) is 4.66. The van der Waals surface area contributed by atoms with Crippen LogP contribution in [0.1, 0.15) is 38.2 Å². The molecule has 2 N–H and O–H groups in total. The minimum atomic E-state index is -4.40. The van der Waals surface area contributed by atoms with Crippen molar-refractivity contribution in [2.45, 2.75) is 43.9 Å². The molecule has 0 fully saturated rings. The number of phenolic OH excluding ortho intramolecular Hbond substituents is 1. The number of hydrogen-bond donors (Lipinski definition) is 2. The Morgan fingerprint density at radius 1 is 1.00 bits per heavy atom. The summed E-state index contributed by atoms with van der Waals surface area (Å²) < 4.78 is 38.6. The molecule has 0 atom stereocenters. The minimum Gasteiger partial charge on any atom is -0.504 e. The maximum Gasteiger partial charge on any atom is 0.294 e. The molecule has 0 aliphatic heterocycles. The van der Waals surface area contributed by atoms with Crippen molar-refractivity contribution < 1.29 is 22.8 Å². The van der Waals surface area contributed by atoms with Gasteiger partial charge in [-0.1, -0.05) is 44.4 Å². The summed E-state index contributed by atoms with van der Waals surface area (Å²) in [7, 11) is -4.40. The Hall–Kier alpha value is -2.05. The Morgan fingerprint density at radius 2 is 1.71 bits per heavy atom. The number of hydrogen-bond acceptors (Lipinski definition) is 4. The molecule has 24 heavy (non-hydrogen) atoms. The van der Waals surface area contributed by atoms with Gasteiger partial charge in [-0.05, 0) is 37.1 Å². The van der Waals surface area contributed by atoms with Crippen LogP contribution in [0.3, 0.4) is 0 Å². The standard InChI is InChI=1S/C18H22O5S/c1-2-3-4-8-11-15-17(24(20,21)22)13-12-16(19)18(15)23-14-9-6-5-7-10-14/h5-7,9-10,12-13,19H,2-4,8,11H2,1H3,(H,20,21,22). The topological polar surface area (TPSA) is 83.8 Å². The molecule has 0 radical (unpaired) electrons. The summed E-state index contributed by atoms with van der Waals surface area (Å²) in [6, 6.07) is 11.2. The van der Waals surface area contributed by atoms with E-state index in [0.717, 1.165) is 25.7 Å². The second kappa shape index (κ2) is 8.17. The normalized spacial score (nSPS) is 11.4. The lowest BCUT2D eigenvalue weighted by Gasteiger charge is -2.15. The van der Waals surface area contributed by atoms with Crippen molar-refractivity contribution in [2.75, 3.05) is 0 Å². The van der Waals surface area contributed by atoms with E-state index < -0.39 is 10.1 Å². The van der Waals surface area contributed by atoms with E-state index in [2.05, 4.69) is 6.92 Å². The molecule has 0 aliphatic carbocycles. The Bertz CT molecular complexity index is 769. The summed E-state index contributed by atoms with van der Waals surface area (Å²) in [5.74, 6) is 0.402. The van der Waals surface area contributed by atoms with Crippen molar-refractivity contribution in [3.8, 4) is 17.2 Å². The number of benzene rings is 2. The van der Waals surface area contributed by atoms with E-state index in [9.17, 15) is 18.1 Å². The first-order chi connectivity index (χ1) is 11.4. The highest BCUT2D eigenvalue weighted by Crippen LogP contribution is 2.38. The van der Waals surface area contributed by atoms with Crippen molar-refractivity contribution in [1.82, 2.24) is 0 Å². The highest BCUT2D eigenvalue weighted by molar-refractivity contribution is 7.85. The molecule has 130 valence electrons. The highest BCUT2D eigenvalue weighted by atomic mass is 32.2. The predicted octanol–water partition coefficient (Wildman–Crippen LogP) is 4.55. The summed E-state index contributed by atoms with van der Waals surface area (Å²) >= 11 is 0. The first kappa shape index (κ1) is 18.3. The molecule has 2 aromatic carbocycles. The molecule has 0 heterocycles. The molecule has 0 saturated carbocycles. The van der Waals surface area contributed by atoms with Gasteiger partial charge in [-0.25, -0.2) is 0 Å². The Balaban J connectivity index is 2.42. The van der Waals surface area contributed by atoms with Crippen LogP contribution in [0.15, 0.2) is 47.4 Å². The van der Waals surface area contributed by atoms with Crippen molar-refractivity contribution in [1.29, 1.82) is 0 Å². The summed E-state index contributed by atoms with van der Waals surface area (Å²) in [5.41, 5.74) is 0.303. The molecule has 0 aromatic heterocycles. The molecule has 0 aliphatic rings. The van der Waals surface area contributed by atoms with Crippen molar-refractivity contribution in [3.05, 3.63) is 48.0 Å². The molecule has 0 unspecified atom stereocenters. The molecule has 0 bridgehead atoms. The van der Waals surface area contributed by atoms with E-state index in [1.807, 2.05) is 6.07 Å². The van der Waals surface area contributed by atoms with E-state index in [1.54, 1.807) is 24.3 Å². The van der Waals surface area contributed by atoms with Crippen LogP contribution < -0.4 is 4.74 Å². The van der Waals surface area contributed by atoms with Crippen molar-refractivity contribution in [3.63, 3.8) is 0 Å². The monoisotopic (exact) mass is 350 g/mol. The second-order valence-corrected chi connectivity index (χ2v) is 6.98. The minimum absolute atomic E-state index is 0.0767. The van der Waals surface area contributed by atoms with Gasteiger partial charge in [-0.3, -0.25) is 4.55 Å². The molecule has 2 rings (SSSR count). The molecule has 0 spiro atoms. The molecular weight excluding hydrogens is 328 g/mol. The number of aromatic hydroxyl groups is 1. The van der Waals surface area contributed by atoms with Gasteiger partial charge in [0.2, 0.25) is 0 Å². The zero-order chi connectivity index (χ0) is 17.6. The number of rotatable bonds is 8. The van der Waals surface area contributed by atoms with E-state index >= 15 is 0 Å². The fourth-order valence-electron chi connectivity index (χ4n) is 2.52. The molecule has 5 nitrogen and oxygen atoms in total. The number of unbranched alkanes of at least 4 members (excludes halogenated alkanes) is 3. The number of phenols is 1. The van der Waals surface area contributed by atoms with Crippen LogP contribution in [0.25, 0.3) is 0 Å². The predicted molar refractivity (Wildman–Crippen MR) is 92.3 cm³/mol. The first-order valence-corrected chi connectivity index (χ1v) is 9.42. The van der Waals surface area contributed by atoms with E-state index in [1.165, 1.54) is 12.1 Å². The maximum absolute atomic E-state index is 11.7. The van der Waals surface area contributed by atoms with Gasteiger partial charge < -0.3 is 9.84 Å². The number of ether oxygens (including phenoxy) is 1. The Morgan fingerprint density at radius 3 is 2.33 bits per heavy atom. The van der Waals surface area contributed by atoms with Gasteiger partial charge in [-0.15, -0.1) is 0 Å². The zero-order valence-electron chi connectivity index (χ0n) is 13.6. The smallest absolute Gasteiger partial charge is 0.294 e. The van der Waals surface area contributed by atoms with Gasteiger partial charge in [-0.2, -0.15) is 8.42 Å². The van der Waals surface area contributed by atoms with Gasteiger partial charge in [0.15, 0.2) is 11.5 Å². The van der Waals surface area contributed by atoms with Gasteiger partial charge in [0, 0.05) is 5.56 Å². The highest BCUT2D eigenvalue weighted by Gasteiger charge is 2.22. The average molecular weight is 350 g/mol. The fraction of sp³-hybridized carbons (Fsp3) is 0.333. The van der Waals surface area contributed by atoms with Gasteiger partial charge in [0.1, 0.15) is 10.6 Å². The van der Waals surface area contributed by atoms with Gasteiger partial charge in [0.05, 0.1) is 0 Å². The Kier molecular flexibility index (Phi) is 6.23. The molecule has 6 heteroatoms. The van der Waals surface area contributed by atoms with Crippen LogP contribution in [-0.2, 0) is 16.5 Å². The first-order valence-electron chi connectivity index (χ1n) is 7.98. The van der Waals surface area contributed by atoms with Crippen LogP contribution in [0.4, 0.5) is 0 Å². The third-order valence-electron chi connectivity index (χ3n) is 3.72. The molecule has 0 saturated heterocycles. The SMILES string of the molecule is CCCCCCc1c(S(=O)(=O)O)ccc(O)c1Oc1ccccc1. The summed E-state index contributed by atoms with van der Waals surface area (Å²) in [4.78, 5) is -0.220. The lowest BCUT2D eigenvalue weighted by molar-refractivity contribution is 0.403. The summed E-state index contributed by atoms with van der Waals surface area (Å²) in [6.07, 6.45) is 4.16. The quantitative estimate of drug-likeness (QED) is 0.539. The summed E-state index contributed by atoms with van der Waals surface area (Å²) in [6.45, 7) is 2.09. The Labute approximate surface area is 142 Å². The van der Waals surface area contributed by atoms with Crippen LogP contribution in [0, 0.1) is 0 Å². The zero-order valence-corrected chi connectivity index (χ0v) is 14.4. The van der Waals surface area contributed by atoms with Gasteiger partial charge in [0.25, 0.3) is 10.1 Å². The van der Waals surface area contributed by atoms with Gasteiger partial charge >= 0.3 is 0 Å². The molecular formula is C18H22O5S. The molecule has 0 amide bonds. The van der Waals surface area contributed by atoms with E-state index in [4.69, 9.17) is 4.74 Å². The fourth-order valence-corrected chi connectivity index (χ4v) is 3.27. The lowest BCUT2D eigenvalue weighted by Crippen LogP contribution is -2.05.